The van der Waals surface area contributed by atoms with Gasteiger partial charge in [0.05, 0.1) is 50.8 Å². The van der Waals surface area contributed by atoms with Crippen LogP contribution in [0.25, 0.3) is 0 Å². The highest BCUT2D eigenvalue weighted by Gasteiger charge is 2.20. The molecule has 4 nitrogen and oxygen atoms in total. The summed E-state index contributed by atoms with van der Waals surface area (Å²) in [5, 5.41) is 0. The van der Waals surface area contributed by atoms with Crippen LogP contribution in [0, 0.1) is 0 Å². The first kappa shape index (κ1) is 34.6. The Bertz CT molecular complexity index is 513. The van der Waals surface area contributed by atoms with Crippen LogP contribution in [-0.2, 0) is 18.9 Å². The Morgan fingerprint density at radius 1 is 0.317 bits per heavy atom. The summed E-state index contributed by atoms with van der Waals surface area (Å²) in [5.41, 5.74) is 0. The first-order chi connectivity index (χ1) is 20.3. The van der Waals surface area contributed by atoms with Crippen molar-refractivity contribution in [3.8, 4) is 0 Å². The number of rotatable bonds is 20. The molecule has 0 aromatic carbocycles. The van der Waals surface area contributed by atoms with Crippen LogP contribution in [0.3, 0.4) is 0 Å². The van der Waals surface area contributed by atoms with E-state index in [1.807, 2.05) is 0 Å². The third-order valence-corrected chi connectivity index (χ3v) is 15.4. The summed E-state index contributed by atoms with van der Waals surface area (Å²) in [6.45, 7) is 3.94. The van der Waals surface area contributed by atoms with Gasteiger partial charge in [0, 0.05) is 0 Å². The van der Waals surface area contributed by atoms with E-state index in [0.29, 0.717) is 24.4 Å². The maximum Gasteiger partial charge on any atom is 0.0575 e. The minimum absolute atomic E-state index is 0.00636. The van der Waals surface area contributed by atoms with Crippen molar-refractivity contribution < 1.29 is 18.9 Å². The molecule has 4 fully saturated rings. The van der Waals surface area contributed by atoms with Crippen LogP contribution in [-0.4, -0.2) is 87.8 Å². The first-order valence-corrected chi connectivity index (χ1v) is 22.1. The van der Waals surface area contributed by atoms with Crippen molar-refractivity contribution in [2.75, 3.05) is 63.4 Å². The topological polar surface area (TPSA) is 36.9 Å². The van der Waals surface area contributed by atoms with Gasteiger partial charge in [-0.2, -0.15) is 0 Å². The predicted molar refractivity (Wildman–Crippen MR) is 179 cm³/mol. The Balaban J connectivity index is 1.18. The molecule has 240 valence electrons. The zero-order chi connectivity index (χ0) is 28.2. The summed E-state index contributed by atoms with van der Waals surface area (Å²) in [6.07, 6.45) is 38.4. The van der Waals surface area contributed by atoms with Crippen LogP contribution in [0.2, 0.25) is 0 Å². The van der Waals surface area contributed by atoms with Crippen molar-refractivity contribution >= 4 is 15.8 Å². The zero-order valence-corrected chi connectivity index (χ0v) is 28.5. The molecule has 4 saturated carbocycles. The van der Waals surface area contributed by atoms with Gasteiger partial charge < -0.3 is 18.9 Å². The van der Waals surface area contributed by atoms with Crippen LogP contribution < -0.4 is 0 Å². The zero-order valence-electron chi connectivity index (χ0n) is 26.8. The molecule has 6 heteroatoms. The molecule has 0 aromatic heterocycles. The highest BCUT2D eigenvalue weighted by atomic mass is 31.1. The molecule has 0 radical (unpaired) electrons. The lowest BCUT2D eigenvalue weighted by molar-refractivity contribution is 0.0357. The lowest BCUT2D eigenvalue weighted by Crippen LogP contribution is -2.21. The molecule has 0 heterocycles. The molecule has 0 aliphatic heterocycles. The fraction of sp³-hybridized carbons (Fsp3) is 1.00. The third kappa shape index (κ3) is 15.5. The number of ether oxygens (including phenoxy) is 4. The smallest absolute Gasteiger partial charge is 0.0575 e. The lowest BCUT2D eigenvalue weighted by atomic mass is 9.98. The van der Waals surface area contributed by atoms with Crippen molar-refractivity contribution in [2.45, 2.75) is 159 Å². The fourth-order valence-corrected chi connectivity index (χ4v) is 11.8. The van der Waals surface area contributed by atoms with Gasteiger partial charge >= 0.3 is 0 Å². The van der Waals surface area contributed by atoms with Gasteiger partial charge in [0.1, 0.15) is 0 Å². The molecule has 0 aromatic rings. The third-order valence-electron chi connectivity index (χ3n) is 10.2. The molecule has 0 amide bonds. The van der Waals surface area contributed by atoms with Crippen molar-refractivity contribution in [2.24, 2.45) is 0 Å². The number of hydrogen-bond donors (Lipinski definition) is 0. The number of hydrogen-bond acceptors (Lipinski definition) is 4. The molecule has 0 spiro atoms. The van der Waals surface area contributed by atoms with E-state index in [4.69, 9.17) is 18.9 Å². The van der Waals surface area contributed by atoms with Crippen LogP contribution in [0.5, 0.6) is 0 Å². The molecular weight excluding hydrogens is 546 g/mol. The van der Waals surface area contributed by atoms with E-state index in [-0.39, 0.29) is 15.8 Å². The van der Waals surface area contributed by atoms with Crippen molar-refractivity contribution in [3.63, 3.8) is 0 Å². The largest absolute Gasteiger partial charge is 0.378 e. The van der Waals surface area contributed by atoms with E-state index >= 15 is 0 Å². The highest BCUT2D eigenvalue weighted by Crippen LogP contribution is 2.41. The molecule has 0 saturated heterocycles. The van der Waals surface area contributed by atoms with Crippen LogP contribution >= 0.6 is 15.8 Å². The summed E-state index contributed by atoms with van der Waals surface area (Å²) >= 11 is 0. The van der Waals surface area contributed by atoms with Gasteiger partial charge in [0.25, 0.3) is 0 Å². The standard InChI is InChI=1S/C35H66O4P2/c1-5-14-32(15-6-1)36-22-28-40(29-23-37-33-16-7-2-8-17-33)26-13-27-41(30-24-38-34-18-9-3-10-19-34)31-25-39-35-20-11-4-12-21-35/h32-35H,1-31H2. The average Bonchev–Trinajstić information content (AvgIpc) is 3.03. The van der Waals surface area contributed by atoms with Crippen molar-refractivity contribution in [1.82, 2.24) is 0 Å². The molecule has 4 rings (SSSR count). The van der Waals surface area contributed by atoms with E-state index in [1.54, 1.807) is 0 Å². The van der Waals surface area contributed by atoms with Crippen LogP contribution in [0.15, 0.2) is 0 Å². The molecule has 4 aliphatic rings. The molecule has 0 atom stereocenters. The summed E-state index contributed by atoms with van der Waals surface area (Å²) in [4.78, 5) is 0. The van der Waals surface area contributed by atoms with Crippen LogP contribution in [0.4, 0.5) is 0 Å². The maximum atomic E-state index is 6.40. The monoisotopic (exact) mass is 612 g/mol. The molecule has 0 N–H and O–H groups in total. The fourth-order valence-electron chi connectivity index (χ4n) is 7.51. The van der Waals surface area contributed by atoms with Crippen molar-refractivity contribution in [1.29, 1.82) is 0 Å². The summed E-state index contributed by atoms with van der Waals surface area (Å²) in [7, 11) is 0.0127. The summed E-state index contributed by atoms with van der Waals surface area (Å²) in [5.74, 6) is 0. The van der Waals surface area contributed by atoms with Gasteiger partial charge in [-0.3, -0.25) is 0 Å². The average molecular weight is 613 g/mol. The SMILES string of the molecule is C1CCC(OCCP(CCCP(CCOC2CCCCC2)CCOC2CCCCC2)CCOC2CCCCC2)CC1. The normalized spacial score (nSPS) is 22.7. The summed E-state index contributed by atoms with van der Waals surface area (Å²) in [6, 6.07) is 0. The Morgan fingerprint density at radius 2 is 0.561 bits per heavy atom. The predicted octanol–water partition coefficient (Wildman–Crippen LogP) is 9.74. The molecule has 4 aliphatic carbocycles. The molecule has 41 heavy (non-hydrogen) atoms. The van der Waals surface area contributed by atoms with E-state index < -0.39 is 0 Å². The van der Waals surface area contributed by atoms with Gasteiger partial charge in [-0.15, -0.1) is 15.8 Å². The second kappa shape index (κ2) is 22.2. The summed E-state index contributed by atoms with van der Waals surface area (Å²) < 4.78 is 25.6. The van der Waals surface area contributed by atoms with E-state index in [2.05, 4.69) is 0 Å². The van der Waals surface area contributed by atoms with Gasteiger partial charge in [0.15, 0.2) is 0 Å². The molecule has 0 unspecified atom stereocenters. The Kier molecular flexibility index (Phi) is 18.8. The minimum Gasteiger partial charge on any atom is -0.378 e. The quantitative estimate of drug-likeness (QED) is 0.128. The van der Waals surface area contributed by atoms with E-state index in [0.717, 1.165) is 26.4 Å². The van der Waals surface area contributed by atoms with Gasteiger partial charge in [-0.05, 0) is 94.8 Å². The minimum atomic E-state index is 0.00636. The second-order valence-electron chi connectivity index (χ2n) is 13.6. The van der Waals surface area contributed by atoms with Gasteiger partial charge in [-0.25, -0.2) is 0 Å². The lowest BCUT2D eigenvalue weighted by Gasteiger charge is -2.27. The van der Waals surface area contributed by atoms with E-state index in [1.165, 1.54) is 172 Å². The molecule has 0 bridgehead atoms. The Hall–Kier alpha value is 0.700. The highest BCUT2D eigenvalue weighted by molar-refractivity contribution is 7.58. The second-order valence-corrected chi connectivity index (χ2v) is 18.9. The van der Waals surface area contributed by atoms with E-state index in [9.17, 15) is 0 Å². The van der Waals surface area contributed by atoms with Crippen molar-refractivity contribution in [3.05, 3.63) is 0 Å². The first-order valence-electron chi connectivity index (χ1n) is 18.3. The maximum absolute atomic E-state index is 6.40. The Labute approximate surface area is 257 Å². The van der Waals surface area contributed by atoms with Gasteiger partial charge in [0.2, 0.25) is 0 Å². The molecular formula is C35H66O4P2. The Morgan fingerprint density at radius 3 is 0.805 bits per heavy atom. The van der Waals surface area contributed by atoms with Gasteiger partial charge in [-0.1, -0.05) is 77.0 Å². The van der Waals surface area contributed by atoms with Crippen LogP contribution in [0.1, 0.15) is 135 Å².